The number of hydrogen-bond acceptors (Lipinski definition) is 3. The Kier molecular flexibility index (Phi) is 4.76. The van der Waals surface area contributed by atoms with Gasteiger partial charge >= 0.3 is 0 Å². The van der Waals surface area contributed by atoms with Gasteiger partial charge in [0.15, 0.2) is 5.96 Å². The second-order valence-corrected chi connectivity index (χ2v) is 5.29. The van der Waals surface area contributed by atoms with Gasteiger partial charge in [-0.15, -0.1) is 0 Å². The minimum atomic E-state index is 0.343. The molecule has 24 heavy (non-hydrogen) atoms. The molecule has 0 saturated heterocycles. The van der Waals surface area contributed by atoms with Crippen molar-refractivity contribution < 1.29 is 4.74 Å². The summed E-state index contributed by atoms with van der Waals surface area (Å²) in [5.41, 5.74) is 7.75. The summed E-state index contributed by atoms with van der Waals surface area (Å²) >= 11 is 0. The average Bonchev–Trinajstić information content (AvgIpc) is 3.00. The molecule has 122 valence electrons. The van der Waals surface area contributed by atoms with Gasteiger partial charge in [0.1, 0.15) is 11.5 Å². The van der Waals surface area contributed by atoms with Crippen molar-refractivity contribution in [2.75, 3.05) is 5.32 Å². The molecule has 3 rings (SSSR count). The smallest absolute Gasteiger partial charge is 0.193 e. The molecule has 0 bridgehead atoms. The second kappa shape index (κ2) is 7.32. The number of guanidine groups is 1. The van der Waals surface area contributed by atoms with Crippen molar-refractivity contribution in [3.8, 4) is 11.5 Å². The van der Waals surface area contributed by atoms with Gasteiger partial charge in [-0.3, -0.25) is 4.68 Å². The fraction of sp³-hybridized carbons (Fsp3) is 0.111. The van der Waals surface area contributed by atoms with Gasteiger partial charge in [0.25, 0.3) is 0 Å². The number of benzene rings is 2. The van der Waals surface area contributed by atoms with Crippen LogP contribution in [0.4, 0.5) is 5.69 Å². The number of nitrogens with two attached hydrogens (primary N) is 1. The van der Waals surface area contributed by atoms with Crippen LogP contribution in [0.2, 0.25) is 0 Å². The van der Waals surface area contributed by atoms with Gasteiger partial charge < -0.3 is 15.8 Å². The van der Waals surface area contributed by atoms with Gasteiger partial charge in [-0.05, 0) is 24.3 Å². The molecule has 0 fully saturated rings. The van der Waals surface area contributed by atoms with Crippen molar-refractivity contribution in [2.24, 2.45) is 17.8 Å². The Hall–Kier alpha value is -3.28. The second-order valence-electron chi connectivity index (χ2n) is 5.29. The summed E-state index contributed by atoms with van der Waals surface area (Å²) in [4.78, 5) is 4.31. The summed E-state index contributed by atoms with van der Waals surface area (Å²) in [5, 5.41) is 7.17. The molecule has 0 atom stereocenters. The van der Waals surface area contributed by atoms with Crippen LogP contribution in [0.25, 0.3) is 0 Å². The zero-order valence-corrected chi connectivity index (χ0v) is 13.4. The predicted octanol–water partition coefficient (Wildman–Crippen LogP) is 3.14. The Morgan fingerprint density at radius 3 is 2.71 bits per heavy atom. The summed E-state index contributed by atoms with van der Waals surface area (Å²) in [6.45, 7) is 0.479. The molecule has 6 heteroatoms. The third-order valence-corrected chi connectivity index (χ3v) is 3.28. The number of aryl methyl sites for hydroxylation is 1. The average molecular weight is 321 g/mol. The van der Waals surface area contributed by atoms with Gasteiger partial charge in [0.05, 0.1) is 12.7 Å². The number of aliphatic imine (C=N–C) groups is 1. The van der Waals surface area contributed by atoms with E-state index in [1.165, 1.54) is 0 Å². The third kappa shape index (κ3) is 4.36. The largest absolute Gasteiger partial charge is 0.457 e. The van der Waals surface area contributed by atoms with Gasteiger partial charge in [-0.1, -0.05) is 24.3 Å². The molecule has 3 N–H and O–H groups in total. The van der Waals surface area contributed by atoms with E-state index in [9.17, 15) is 0 Å². The van der Waals surface area contributed by atoms with E-state index in [2.05, 4.69) is 15.4 Å². The maximum absolute atomic E-state index is 5.93. The van der Waals surface area contributed by atoms with Gasteiger partial charge in [0.2, 0.25) is 0 Å². The summed E-state index contributed by atoms with van der Waals surface area (Å²) in [6, 6.07) is 17.2. The standard InChI is InChI=1S/C18H19N5O/c1-23-13-14(12-21-23)11-20-18(19)22-15-6-5-9-17(10-15)24-16-7-3-2-4-8-16/h2-10,12-13H,11H2,1H3,(H3,19,20,22). The van der Waals surface area contributed by atoms with E-state index in [1.807, 2.05) is 67.8 Å². The van der Waals surface area contributed by atoms with Crippen molar-refractivity contribution in [3.63, 3.8) is 0 Å². The van der Waals surface area contributed by atoms with Crippen LogP contribution in [-0.2, 0) is 13.6 Å². The van der Waals surface area contributed by atoms with E-state index in [4.69, 9.17) is 10.5 Å². The molecule has 1 aromatic heterocycles. The Morgan fingerprint density at radius 1 is 1.17 bits per heavy atom. The number of anilines is 1. The van der Waals surface area contributed by atoms with Gasteiger partial charge in [-0.2, -0.15) is 5.10 Å². The third-order valence-electron chi connectivity index (χ3n) is 3.28. The summed E-state index contributed by atoms with van der Waals surface area (Å²) in [7, 11) is 1.87. The topological polar surface area (TPSA) is 77.5 Å². The molecule has 0 saturated carbocycles. The lowest BCUT2D eigenvalue weighted by molar-refractivity contribution is 0.483. The number of ether oxygens (including phenoxy) is 1. The molecule has 0 aliphatic rings. The number of rotatable bonds is 5. The molecule has 0 aliphatic heterocycles. The molecule has 0 aliphatic carbocycles. The number of aromatic nitrogens is 2. The first-order valence-corrected chi connectivity index (χ1v) is 7.56. The minimum Gasteiger partial charge on any atom is -0.457 e. The van der Waals surface area contributed by atoms with Gasteiger partial charge in [-0.25, -0.2) is 4.99 Å². The van der Waals surface area contributed by atoms with Crippen LogP contribution in [0.15, 0.2) is 72.0 Å². The van der Waals surface area contributed by atoms with E-state index < -0.39 is 0 Å². The molecule has 3 aromatic rings. The van der Waals surface area contributed by atoms with E-state index in [0.29, 0.717) is 12.5 Å². The number of para-hydroxylation sites is 1. The van der Waals surface area contributed by atoms with E-state index in [1.54, 1.807) is 10.9 Å². The van der Waals surface area contributed by atoms with Crippen molar-refractivity contribution in [1.82, 2.24) is 9.78 Å². The highest BCUT2D eigenvalue weighted by Gasteiger charge is 2.01. The molecule has 2 aromatic carbocycles. The lowest BCUT2D eigenvalue weighted by Crippen LogP contribution is -2.22. The van der Waals surface area contributed by atoms with Crippen LogP contribution < -0.4 is 15.8 Å². The van der Waals surface area contributed by atoms with E-state index >= 15 is 0 Å². The normalized spacial score (nSPS) is 11.3. The van der Waals surface area contributed by atoms with Crippen LogP contribution in [0.1, 0.15) is 5.56 Å². The molecule has 0 unspecified atom stereocenters. The summed E-state index contributed by atoms with van der Waals surface area (Å²) in [5.74, 6) is 1.86. The van der Waals surface area contributed by atoms with Crippen LogP contribution in [0, 0.1) is 0 Å². The maximum Gasteiger partial charge on any atom is 0.193 e. The lowest BCUT2D eigenvalue weighted by atomic mass is 10.3. The first kappa shape index (κ1) is 15.6. The fourth-order valence-corrected chi connectivity index (χ4v) is 2.18. The van der Waals surface area contributed by atoms with Crippen LogP contribution in [-0.4, -0.2) is 15.7 Å². The molecule has 0 radical (unpaired) electrons. The Bertz CT molecular complexity index is 826. The van der Waals surface area contributed by atoms with Crippen molar-refractivity contribution >= 4 is 11.6 Å². The highest BCUT2D eigenvalue weighted by molar-refractivity contribution is 5.92. The zero-order valence-electron chi connectivity index (χ0n) is 13.4. The quantitative estimate of drug-likeness (QED) is 0.559. The van der Waals surface area contributed by atoms with Crippen LogP contribution in [0.5, 0.6) is 11.5 Å². The summed E-state index contributed by atoms with van der Waals surface area (Å²) in [6.07, 6.45) is 3.68. The molecule has 1 heterocycles. The Balaban J connectivity index is 1.63. The number of hydrogen-bond donors (Lipinski definition) is 2. The van der Waals surface area contributed by atoms with Gasteiger partial charge in [0, 0.05) is 30.6 Å². The SMILES string of the molecule is Cn1cc(CN=C(N)Nc2cccc(Oc3ccccc3)c2)cn1. The van der Waals surface area contributed by atoms with E-state index in [0.717, 1.165) is 22.7 Å². The van der Waals surface area contributed by atoms with E-state index in [-0.39, 0.29) is 0 Å². The van der Waals surface area contributed by atoms with Crippen molar-refractivity contribution in [3.05, 3.63) is 72.6 Å². The molecule has 0 spiro atoms. The monoisotopic (exact) mass is 321 g/mol. The van der Waals surface area contributed by atoms with Crippen molar-refractivity contribution in [2.45, 2.75) is 6.54 Å². The summed E-state index contributed by atoms with van der Waals surface area (Å²) < 4.78 is 7.54. The first-order chi connectivity index (χ1) is 11.7. The molecule has 6 nitrogen and oxygen atoms in total. The molecule has 0 amide bonds. The Labute approximate surface area is 140 Å². The predicted molar refractivity (Wildman–Crippen MR) is 95.1 cm³/mol. The number of nitrogens with zero attached hydrogens (tertiary/aromatic N) is 3. The maximum atomic E-state index is 5.93. The highest BCUT2D eigenvalue weighted by atomic mass is 16.5. The molecular weight excluding hydrogens is 302 g/mol. The first-order valence-electron chi connectivity index (χ1n) is 7.56. The van der Waals surface area contributed by atoms with Crippen LogP contribution in [0.3, 0.4) is 0 Å². The lowest BCUT2D eigenvalue weighted by Gasteiger charge is -2.09. The zero-order chi connectivity index (χ0) is 16.8. The van der Waals surface area contributed by atoms with Crippen LogP contribution >= 0.6 is 0 Å². The number of nitrogens with one attached hydrogen (secondary N) is 1. The fourth-order valence-electron chi connectivity index (χ4n) is 2.18. The minimum absolute atomic E-state index is 0.343. The van der Waals surface area contributed by atoms with Crippen molar-refractivity contribution in [1.29, 1.82) is 0 Å². The Morgan fingerprint density at radius 2 is 1.96 bits per heavy atom. The highest BCUT2D eigenvalue weighted by Crippen LogP contribution is 2.23. The molecular formula is C18H19N5O.